The smallest absolute Gasteiger partial charge is 0.416 e. The Bertz CT molecular complexity index is 668. The van der Waals surface area contributed by atoms with Crippen LogP contribution in [0.4, 0.5) is 17.6 Å². The summed E-state index contributed by atoms with van der Waals surface area (Å²) >= 11 is 0. The largest absolute Gasteiger partial charge is 0.478 e. The highest BCUT2D eigenvalue weighted by Gasteiger charge is 2.30. The minimum atomic E-state index is -4.48. The van der Waals surface area contributed by atoms with Crippen molar-refractivity contribution in [3.8, 4) is 11.6 Å². The summed E-state index contributed by atoms with van der Waals surface area (Å²) in [6.07, 6.45) is -3.60. The summed E-state index contributed by atoms with van der Waals surface area (Å²) in [4.78, 5) is 14.1. The molecule has 4 nitrogen and oxygen atoms in total. The molecule has 0 spiro atoms. The number of rotatable bonds is 3. The van der Waals surface area contributed by atoms with Crippen molar-refractivity contribution in [2.75, 3.05) is 0 Å². The van der Waals surface area contributed by atoms with Gasteiger partial charge in [0.1, 0.15) is 5.75 Å². The van der Waals surface area contributed by atoms with E-state index in [1.54, 1.807) is 0 Å². The van der Waals surface area contributed by atoms with Crippen LogP contribution in [0.3, 0.4) is 0 Å². The molecule has 0 aliphatic heterocycles. The Balaban J connectivity index is 2.20. The average Bonchev–Trinajstić information content (AvgIpc) is 2.40. The van der Waals surface area contributed by atoms with E-state index in [9.17, 15) is 22.4 Å². The van der Waals surface area contributed by atoms with Gasteiger partial charge in [0.15, 0.2) is 5.82 Å². The molecule has 0 aliphatic carbocycles. The van der Waals surface area contributed by atoms with Gasteiger partial charge in [-0.3, -0.25) is 0 Å². The fourth-order valence-electron chi connectivity index (χ4n) is 1.44. The third-order valence-corrected chi connectivity index (χ3v) is 2.45. The lowest BCUT2D eigenvalue weighted by Crippen LogP contribution is -2.04. The Morgan fingerprint density at radius 3 is 2.29 bits per heavy atom. The highest BCUT2D eigenvalue weighted by atomic mass is 19.4. The molecule has 8 heteroatoms. The number of halogens is 4. The van der Waals surface area contributed by atoms with Crippen LogP contribution in [-0.2, 0) is 6.18 Å². The van der Waals surface area contributed by atoms with E-state index in [0.717, 1.165) is 30.5 Å². The van der Waals surface area contributed by atoms with Gasteiger partial charge in [0.25, 0.3) is 5.88 Å². The molecule has 0 unspecified atom stereocenters. The van der Waals surface area contributed by atoms with Gasteiger partial charge in [-0.05, 0) is 30.3 Å². The fourth-order valence-corrected chi connectivity index (χ4v) is 1.44. The molecule has 21 heavy (non-hydrogen) atoms. The number of carbonyl (C=O) groups is 1. The highest BCUT2D eigenvalue weighted by molar-refractivity contribution is 5.87. The standard InChI is InChI=1S/C13H7F4NO3/c14-10-5-7(12(19)20)6-18-11(10)21-9-3-1-8(2-4-9)13(15,16)17/h1-6H,(H,19,20). The van der Waals surface area contributed by atoms with Crippen LogP contribution in [0.2, 0.25) is 0 Å². The number of aromatic nitrogens is 1. The quantitative estimate of drug-likeness (QED) is 0.878. The summed E-state index contributed by atoms with van der Waals surface area (Å²) < 4.78 is 55.6. The van der Waals surface area contributed by atoms with E-state index in [0.29, 0.717) is 6.07 Å². The molecule has 0 saturated carbocycles. The summed E-state index contributed by atoms with van der Waals surface area (Å²) in [7, 11) is 0. The molecule has 1 heterocycles. The zero-order valence-electron chi connectivity index (χ0n) is 10.2. The summed E-state index contributed by atoms with van der Waals surface area (Å²) in [5.74, 6) is -2.98. The Kier molecular flexibility index (Phi) is 3.79. The molecule has 0 amide bonds. The number of hydrogen-bond acceptors (Lipinski definition) is 3. The van der Waals surface area contributed by atoms with Crippen LogP contribution >= 0.6 is 0 Å². The van der Waals surface area contributed by atoms with Gasteiger partial charge in [-0.1, -0.05) is 0 Å². The summed E-state index contributed by atoms with van der Waals surface area (Å²) in [6.45, 7) is 0. The van der Waals surface area contributed by atoms with E-state index >= 15 is 0 Å². The van der Waals surface area contributed by atoms with Crippen molar-refractivity contribution in [3.05, 3.63) is 53.5 Å². The molecule has 2 aromatic rings. The SMILES string of the molecule is O=C(O)c1cnc(Oc2ccc(C(F)(F)F)cc2)c(F)c1. The van der Waals surface area contributed by atoms with Crippen molar-refractivity contribution in [2.45, 2.75) is 6.18 Å². The number of aromatic carboxylic acids is 1. The number of benzene rings is 1. The minimum absolute atomic E-state index is 0.0579. The van der Waals surface area contributed by atoms with Gasteiger partial charge in [-0.25, -0.2) is 14.2 Å². The highest BCUT2D eigenvalue weighted by Crippen LogP contribution is 2.31. The molecular weight excluding hydrogens is 294 g/mol. The van der Waals surface area contributed by atoms with Crippen molar-refractivity contribution in [1.29, 1.82) is 0 Å². The van der Waals surface area contributed by atoms with E-state index in [-0.39, 0.29) is 11.3 Å². The van der Waals surface area contributed by atoms with Crippen LogP contribution in [0.15, 0.2) is 36.5 Å². The van der Waals surface area contributed by atoms with Crippen molar-refractivity contribution < 1.29 is 32.2 Å². The second-order valence-electron chi connectivity index (χ2n) is 3.94. The normalized spacial score (nSPS) is 11.2. The molecule has 1 aromatic carbocycles. The van der Waals surface area contributed by atoms with E-state index in [2.05, 4.69) is 4.98 Å². The van der Waals surface area contributed by atoms with Gasteiger partial charge in [-0.15, -0.1) is 0 Å². The summed E-state index contributed by atoms with van der Waals surface area (Å²) in [5, 5.41) is 8.64. The van der Waals surface area contributed by atoms with Crippen LogP contribution < -0.4 is 4.74 Å². The third-order valence-electron chi connectivity index (χ3n) is 2.45. The zero-order valence-corrected chi connectivity index (χ0v) is 10.2. The van der Waals surface area contributed by atoms with Crippen molar-refractivity contribution in [2.24, 2.45) is 0 Å². The van der Waals surface area contributed by atoms with Gasteiger partial charge in [0, 0.05) is 6.20 Å². The van der Waals surface area contributed by atoms with Crippen molar-refractivity contribution >= 4 is 5.97 Å². The molecule has 0 radical (unpaired) electrons. The first-order valence-corrected chi connectivity index (χ1v) is 5.51. The maximum absolute atomic E-state index is 13.5. The molecule has 1 aromatic heterocycles. The van der Waals surface area contributed by atoms with Gasteiger partial charge < -0.3 is 9.84 Å². The molecule has 0 aliphatic rings. The van der Waals surface area contributed by atoms with Crippen LogP contribution in [0.1, 0.15) is 15.9 Å². The average molecular weight is 301 g/mol. The van der Waals surface area contributed by atoms with Crippen LogP contribution in [0, 0.1) is 5.82 Å². The van der Waals surface area contributed by atoms with E-state index < -0.39 is 29.4 Å². The van der Waals surface area contributed by atoms with Crippen LogP contribution in [-0.4, -0.2) is 16.1 Å². The maximum Gasteiger partial charge on any atom is 0.416 e. The number of alkyl halides is 3. The topological polar surface area (TPSA) is 59.4 Å². The van der Waals surface area contributed by atoms with E-state index in [1.807, 2.05) is 0 Å². The van der Waals surface area contributed by atoms with Gasteiger partial charge in [0.2, 0.25) is 0 Å². The van der Waals surface area contributed by atoms with Crippen molar-refractivity contribution in [3.63, 3.8) is 0 Å². The van der Waals surface area contributed by atoms with Gasteiger partial charge >= 0.3 is 12.1 Å². The number of pyridine rings is 1. The molecule has 0 saturated heterocycles. The molecule has 0 bridgehead atoms. The molecule has 0 atom stereocenters. The first kappa shape index (κ1) is 14.8. The zero-order chi connectivity index (χ0) is 15.6. The summed E-state index contributed by atoms with van der Waals surface area (Å²) in [6, 6.07) is 4.27. The lowest BCUT2D eigenvalue weighted by molar-refractivity contribution is -0.137. The number of hydrogen-bond donors (Lipinski definition) is 1. The maximum atomic E-state index is 13.5. The molecular formula is C13H7F4NO3. The van der Waals surface area contributed by atoms with E-state index in [4.69, 9.17) is 9.84 Å². The number of carboxylic acid groups (broad SMARTS) is 1. The summed E-state index contributed by atoms with van der Waals surface area (Å²) in [5.41, 5.74) is -1.24. The third kappa shape index (κ3) is 3.47. The van der Waals surface area contributed by atoms with Gasteiger partial charge in [0.05, 0.1) is 11.1 Å². The minimum Gasteiger partial charge on any atom is -0.478 e. The molecule has 110 valence electrons. The number of ether oxygens (including phenoxy) is 1. The molecule has 0 fully saturated rings. The molecule has 1 N–H and O–H groups in total. The fraction of sp³-hybridized carbons (Fsp3) is 0.0769. The first-order valence-electron chi connectivity index (χ1n) is 5.51. The number of carboxylic acids is 1. The van der Waals surface area contributed by atoms with E-state index in [1.165, 1.54) is 0 Å². The Morgan fingerprint density at radius 2 is 1.81 bits per heavy atom. The predicted octanol–water partition coefficient (Wildman–Crippen LogP) is 3.73. The van der Waals surface area contributed by atoms with Gasteiger partial charge in [-0.2, -0.15) is 13.2 Å². The monoisotopic (exact) mass is 301 g/mol. The Hall–Kier alpha value is -2.64. The predicted molar refractivity (Wildman–Crippen MR) is 62.7 cm³/mol. The Labute approximate surface area is 115 Å². The first-order chi connectivity index (χ1) is 9.77. The van der Waals surface area contributed by atoms with Crippen molar-refractivity contribution in [1.82, 2.24) is 4.98 Å². The molecule has 2 rings (SSSR count). The lowest BCUT2D eigenvalue weighted by Gasteiger charge is -2.09. The number of nitrogens with zero attached hydrogens (tertiary/aromatic N) is 1. The van der Waals surface area contributed by atoms with Crippen LogP contribution in [0.5, 0.6) is 11.6 Å². The second-order valence-corrected chi connectivity index (χ2v) is 3.94. The second kappa shape index (κ2) is 5.39. The van der Waals surface area contributed by atoms with Crippen LogP contribution in [0.25, 0.3) is 0 Å². The Morgan fingerprint density at radius 1 is 1.19 bits per heavy atom. The lowest BCUT2D eigenvalue weighted by atomic mass is 10.2.